The standard InChI is InChI=1S/C19H22N2O/c1-22-18-5-2-14(3-6-18)15-4-7-19-16(12-15)13-17-8-9-20-10-11-21(17)19/h2-7,12,17,20H,8-11,13H2,1H3. The molecule has 2 aliphatic heterocycles. The molecule has 0 spiro atoms. The molecule has 2 aliphatic rings. The van der Waals surface area contributed by atoms with Crippen LogP contribution in [-0.4, -0.2) is 32.8 Å². The summed E-state index contributed by atoms with van der Waals surface area (Å²) in [5.41, 5.74) is 5.50. The van der Waals surface area contributed by atoms with Gasteiger partial charge in [-0.1, -0.05) is 18.2 Å². The minimum absolute atomic E-state index is 0.677. The van der Waals surface area contributed by atoms with E-state index in [4.69, 9.17) is 4.74 Å². The van der Waals surface area contributed by atoms with E-state index in [9.17, 15) is 0 Å². The van der Waals surface area contributed by atoms with E-state index in [2.05, 4.69) is 40.5 Å². The van der Waals surface area contributed by atoms with Crippen LogP contribution in [0.4, 0.5) is 5.69 Å². The van der Waals surface area contributed by atoms with Crippen LogP contribution in [0.3, 0.4) is 0 Å². The Morgan fingerprint density at radius 3 is 2.68 bits per heavy atom. The van der Waals surface area contributed by atoms with Gasteiger partial charge in [-0.3, -0.25) is 0 Å². The van der Waals surface area contributed by atoms with Crippen LogP contribution in [-0.2, 0) is 6.42 Å². The third kappa shape index (κ3) is 2.35. The number of ether oxygens (including phenoxy) is 1. The number of nitrogens with one attached hydrogen (secondary N) is 1. The molecule has 1 atom stereocenters. The van der Waals surface area contributed by atoms with Crippen LogP contribution >= 0.6 is 0 Å². The molecule has 1 N–H and O–H groups in total. The van der Waals surface area contributed by atoms with Crippen LogP contribution in [0.2, 0.25) is 0 Å². The fourth-order valence-corrected chi connectivity index (χ4v) is 3.71. The van der Waals surface area contributed by atoms with E-state index < -0.39 is 0 Å². The van der Waals surface area contributed by atoms with Gasteiger partial charge in [0.1, 0.15) is 5.75 Å². The van der Waals surface area contributed by atoms with Gasteiger partial charge in [0.2, 0.25) is 0 Å². The van der Waals surface area contributed by atoms with Crippen molar-refractivity contribution in [3.63, 3.8) is 0 Å². The number of methoxy groups -OCH3 is 1. The monoisotopic (exact) mass is 294 g/mol. The lowest BCUT2D eigenvalue weighted by Crippen LogP contribution is -2.32. The largest absolute Gasteiger partial charge is 0.497 e. The fourth-order valence-electron chi connectivity index (χ4n) is 3.71. The van der Waals surface area contributed by atoms with Gasteiger partial charge in [0.25, 0.3) is 0 Å². The number of benzene rings is 2. The number of hydrogen-bond acceptors (Lipinski definition) is 3. The minimum atomic E-state index is 0.677. The van der Waals surface area contributed by atoms with Gasteiger partial charge in [-0.2, -0.15) is 0 Å². The Morgan fingerprint density at radius 2 is 1.86 bits per heavy atom. The molecule has 0 amide bonds. The van der Waals surface area contributed by atoms with Crippen LogP contribution in [0.5, 0.6) is 5.75 Å². The maximum atomic E-state index is 5.24. The van der Waals surface area contributed by atoms with E-state index >= 15 is 0 Å². The van der Waals surface area contributed by atoms with E-state index in [1.54, 1.807) is 7.11 Å². The second-order valence-corrected chi connectivity index (χ2v) is 6.16. The van der Waals surface area contributed by atoms with Gasteiger partial charge in [-0.05, 0) is 60.3 Å². The summed E-state index contributed by atoms with van der Waals surface area (Å²) in [7, 11) is 1.71. The molecule has 2 heterocycles. The van der Waals surface area contributed by atoms with Crippen molar-refractivity contribution in [3.05, 3.63) is 48.0 Å². The van der Waals surface area contributed by atoms with Crippen LogP contribution < -0.4 is 15.0 Å². The Balaban J connectivity index is 1.65. The highest BCUT2D eigenvalue weighted by Gasteiger charge is 2.29. The first-order valence-electron chi connectivity index (χ1n) is 8.10. The van der Waals surface area contributed by atoms with Gasteiger partial charge < -0.3 is 15.0 Å². The van der Waals surface area contributed by atoms with Gasteiger partial charge in [0.05, 0.1) is 7.11 Å². The summed E-state index contributed by atoms with van der Waals surface area (Å²) >= 11 is 0. The Labute approximate surface area is 131 Å². The van der Waals surface area contributed by atoms with Gasteiger partial charge in [-0.25, -0.2) is 0 Å². The smallest absolute Gasteiger partial charge is 0.118 e. The van der Waals surface area contributed by atoms with E-state index in [1.807, 2.05) is 12.1 Å². The topological polar surface area (TPSA) is 24.5 Å². The zero-order chi connectivity index (χ0) is 14.9. The van der Waals surface area contributed by atoms with Gasteiger partial charge >= 0.3 is 0 Å². The molecule has 4 rings (SSSR count). The highest BCUT2D eigenvalue weighted by Crippen LogP contribution is 2.36. The first kappa shape index (κ1) is 13.6. The summed E-state index contributed by atoms with van der Waals surface area (Å²) in [5.74, 6) is 0.908. The molecule has 2 aromatic carbocycles. The number of anilines is 1. The third-order valence-electron chi connectivity index (χ3n) is 4.89. The number of fused-ring (bicyclic) bond motifs is 3. The lowest BCUT2D eigenvalue weighted by atomic mass is 10.0. The molecule has 0 saturated carbocycles. The lowest BCUT2D eigenvalue weighted by Gasteiger charge is -2.24. The van der Waals surface area contributed by atoms with Crippen molar-refractivity contribution in [1.82, 2.24) is 5.32 Å². The molecule has 2 aromatic rings. The predicted molar refractivity (Wildman–Crippen MR) is 90.8 cm³/mol. The highest BCUT2D eigenvalue weighted by molar-refractivity contribution is 5.71. The summed E-state index contributed by atoms with van der Waals surface area (Å²) in [4.78, 5) is 2.59. The second kappa shape index (κ2) is 5.65. The number of hydrogen-bond donors (Lipinski definition) is 1. The molecular formula is C19H22N2O. The average Bonchev–Trinajstić information content (AvgIpc) is 2.75. The molecule has 0 radical (unpaired) electrons. The fraction of sp³-hybridized carbons (Fsp3) is 0.368. The zero-order valence-electron chi connectivity index (χ0n) is 13.0. The van der Waals surface area contributed by atoms with E-state index in [0.29, 0.717) is 6.04 Å². The van der Waals surface area contributed by atoms with Gasteiger partial charge in [-0.15, -0.1) is 0 Å². The van der Waals surface area contributed by atoms with Crippen LogP contribution in [0.15, 0.2) is 42.5 Å². The zero-order valence-corrected chi connectivity index (χ0v) is 13.0. The van der Waals surface area contributed by atoms with Gasteiger partial charge in [0.15, 0.2) is 0 Å². The van der Waals surface area contributed by atoms with Crippen molar-refractivity contribution in [1.29, 1.82) is 0 Å². The molecule has 1 saturated heterocycles. The Morgan fingerprint density at radius 1 is 1.05 bits per heavy atom. The van der Waals surface area contributed by atoms with E-state index in [1.165, 1.54) is 35.2 Å². The second-order valence-electron chi connectivity index (χ2n) is 6.16. The maximum Gasteiger partial charge on any atom is 0.118 e. The SMILES string of the molecule is COc1ccc(-c2ccc3c(c2)CC2CCNCCN32)cc1. The van der Waals surface area contributed by atoms with Gasteiger partial charge in [0, 0.05) is 24.8 Å². The van der Waals surface area contributed by atoms with Crippen LogP contribution in [0, 0.1) is 0 Å². The van der Waals surface area contributed by atoms with Crippen molar-refractivity contribution in [2.75, 3.05) is 31.6 Å². The van der Waals surface area contributed by atoms with Crippen LogP contribution in [0.1, 0.15) is 12.0 Å². The van der Waals surface area contributed by atoms with Crippen molar-refractivity contribution in [2.24, 2.45) is 0 Å². The molecule has 22 heavy (non-hydrogen) atoms. The normalized spacial score (nSPS) is 20.2. The lowest BCUT2D eigenvalue weighted by molar-refractivity contribution is 0.415. The first-order chi connectivity index (χ1) is 10.8. The van der Waals surface area contributed by atoms with Crippen LogP contribution in [0.25, 0.3) is 11.1 Å². The molecule has 0 aromatic heterocycles. The number of nitrogens with zero attached hydrogens (tertiary/aromatic N) is 1. The quantitative estimate of drug-likeness (QED) is 0.921. The summed E-state index contributed by atoms with van der Waals surface area (Å²) in [5, 5.41) is 3.50. The summed E-state index contributed by atoms with van der Waals surface area (Å²) in [6.45, 7) is 3.36. The first-order valence-corrected chi connectivity index (χ1v) is 8.10. The Bertz CT molecular complexity index is 666. The van der Waals surface area contributed by atoms with Crippen molar-refractivity contribution >= 4 is 5.69 Å². The predicted octanol–water partition coefficient (Wildman–Crippen LogP) is 3.09. The maximum absolute atomic E-state index is 5.24. The summed E-state index contributed by atoms with van der Waals surface area (Å²) in [6.07, 6.45) is 2.42. The molecule has 3 heteroatoms. The third-order valence-corrected chi connectivity index (χ3v) is 4.89. The average molecular weight is 294 g/mol. The highest BCUT2D eigenvalue weighted by atomic mass is 16.5. The Kier molecular flexibility index (Phi) is 3.51. The molecule has 3 nitrogen and oxygen atoms in total. The summed E-state index contributed by atoms with van der Waals surface area (Å²) < 4.78 is 5.24. The molecule has 0 bridgehead atoms. The molecule has 1 fully saturated rings. The minimum Gasteiger partial charge on any atom is -0.497 e. The molecule has 114 valence electrons. The number of rotatable bonds is 2. The van der Waals surface area contributed by atoms with E-state index in [0.717, 1.165) is 25.4 Å². The van der Waals surface area contributed by atoms with Crippen molar-refractivity contribution in [2.45, 2.75) is 18.9 Å². The molecule has 0 aliphatic carbocycles. The molecular weight excluding hydrogens is 272 g/mol. The van der Waals surface area contributed by atoms with E-state index in [-0.39, 0.29) is 0 Å². The summed E-state index contributed by atoms with van der Waals surface area (Å²) in [6, 6.07) is 15.9. The van der Waals surface area contributed by atoms with Crippen molar-refractivity contribution in [3.8, 4) is 16.9 Å². The van der Waals surface area contributed by atoms with Crippen molar-refractivity contribution < 1.29 is 4.74 Å². The Hall–Kier alpha value is -2.00. The molecule has 1 unspecified atom stereocenters.